The molecule has 0 bridgehead atoms. The Labute approximate surface area is 196 Å². The van der Waals surface area contributed by atoms with Crippen LogP contribution in [0.15, 0.2) is 54.6 Å². The first-order valence-corrected chi connectivity index (χ1v) is 11.2. The Morgan fingerprint density at radius 3 is 2.38 bits per heavy atom. The fourth-order valence-corrected chi connectivity index (χ4v) is 3.91. The summed E-state index contributed by atoms with van der Waals surface area (Å²) in [5.74, 6) is 1.02. The number of benzene rings is 2. The van der Waals surface area contributed by atoms with Crippen LogP contribution in [0.3, 0.4) is 0 Å². The van der Waals surface area contributed by atoms with Gasteiger partial charge in [-0.15, -0.1) is 0 Å². The first kappa shape index (κ1) is 23.5. The lowest BCUT2D eigenvalue weighted by atomic mass is 10.1. The standard InChI is InChI=1S/C25H26F3N5O/c1-17-14-22(33-12-3-2-4-13-33)32-24(29-17)31-21-10-8-20(9-11-21)30-23(34)16-18-6-5-7-19(15-18)25(26,27)28/h5-11,14-15H,2-4,12-13,16H2,1H3,(H,30,34)(H,29,31,32). The summed E-state index contributed by atoms with van der Waals surface area (Å²) < 4.78 is 38.6. The van der Waals surface area contributed by atoms with E-state index in [0.717, 1.165) is 55.3 Å². The maximum Gasteiger partial charge on any atom is 0.416 e. The minimum absolute atomic E-state index is 0.152. The van der Waals surface area contributed by atoms with Gasteiger partial charge >= 0.3 is 6.18 Å². The van der Waals surface area contributed by atoms with Crippen LogP contribution in [0.1, 0.15) is 36.1 Å². The number of amides is 1. The molecule has 2 N–H and O–H groups in total. The minimum atomic E-state index is -4.44. The number of hydrogen-bond donors (Lipinski definition) is 2. The van der Waals surface area contributed by atoms with E-state index in [1.807, 2.05) is 13.0 Å². The van der Waals surface area contributed by atoms with Crippen LogP contribution in [0.4, 0.5) is 36.3 Å². The van der Waals surface area contributed by atoms with E-state index in [1.165, 1.54) is 18.6 Å². The van der Waals surface area contributed by atoms with Gasteiger partial charge in [0.2, 0.25) is 11.9 Å². The molecule has 1 fully saturated rings. The third kappa shape index (κ3) is 6.24. The van der Waals surface area contributed by atoms with Gasteiger partial charge < -0.3 is 15.5 Å². The summed E-state index contributed by atoms with van der Waals surface area (Å²) in [5.41, 5.74) is 1.70. The van der Waals surface area contributed by atoms with Crippen LogP contribution in [0, 0.1) is 6.92 Å². The summed E-state index contributed by atoms with van der Waals surface area (Å²) in [4.78, 5) is 23.7. The zero-order chi connectivity index (χ0) is 24.1. The smallest absolute Gasteiger partial charge is 0.356 e. The normalized spacial score (nSPS) is 14.1. The summed E-state index contributed by atoms with van der Waals surface area (Å²) in [6, 6.07) is 13.8. The van der Waals surface area contributed by atoms with E-state index in [0.29, 0.717) is 17.2 Å². The van der Waals surface area contributed by atoms with Crippen LogP contribution in [-0.2, 0) is 17.4 Å². The predicted octanol–water partition coefficient (Wildman–Crippen LogP) is 5.72. The maximum atomic E-state index is 12.9. The lowest BCUT2D eigenvalue weighted by Crippen LogP contribution is -2.30. The second-order valence-electron chi connectivity index (χ2n) is 8.36. The number of alkyl halides is 3. The molecule has 1 aromatic heterocycles. The van der Waals surface area contributed by atoms with E-state index in [-0.39, 0.29) is 6.42 Å². The van der Waals surface area contributed by atoms with Crippen molar-refractivity contribution in [3.05, 3.63) is 71.4 Å². The Balaban J connectivity index is 1.37. The molecular weight excluding hydrogens is 443 g/mol. The van der Waals surface area contributed by atoms with Crippen molar-refractivity contribution < 1.29 is 18.0 Å². The van der Waals surface area contributed by atoms with Crippen molar-refractivity contribution in [2.45, 2.75) is 38.8 Å². The van der Waals surface area contributed by atoms with Crippen molar-refractivity contribution >= 4 is 29.0 Å². The molecule has 0 atom stereocenters. The molecule has 0 unspecified atom stereocenters. The van der Waals surface area contributed by atoms with Crippen LogP contribution in [0.5, 0.6) is 0 Å². The number of carbonyl (C=O) groups is 1. The minimum Gasteiger partial charge on any atom is -0.356 e. The third-order valence-corrected chi connectivity index (χ3v) is 5.56. The van der Waals surface area contributed by atoms with E-state index in [1.54, 1.807) is 24.3 Å². The monoisotopic (exact) mass is 469 g/mol. The predicted molar refractivity (Wildman–Crippen MR) is 126 cm³/mol. The van der Waals surface area contributed by atoms with Crippen LogP contribution in [-0.4, -0.2) is 29.0 Å². The number of aromatic nitrogens is 2. The van der Waals surface area contributed by atoms with Crippen molar-refractivity contribution in [1.82, 2.24) is 9.97 Å². The van der Waals surface area contributed by atoms with Crippen molar-refractivity contribution in [2.24, 2.45) is 0 Å². The molecule has 1 saturated heterocycles. The average Bonchev–Trinajstić information content (AvgIpc) is 2.80. The molecule has 2 aromatic carbocycles. The SMILES string of the molecule is Cc1cc(N2CCCCC2)nc(Nc2ccc(NC(=O)Cc3cccc(C(F)(F)F)c3)cc2)n1. The average molecular weight is 470 g/mol. The Morgan fingerprint density at radius 1 is 0.971 bits per heavy atom. The first-order chi connectivity index (χ1) is 16.3. The summed E-state index contributed by atoms with van der Waals surface area (Å²) in [5, 5.41) is 5.91. The number of rotatable bonds is 6. The molecular formula is C25H26F3N5O. The van der Waals surface area contributed by atoms with Gasteiger partial charge in [0.1, 0.15) is 5.82 Å². The highest BCUT2D eigenvalue weighted by atomic mass is 19.4. The molecule has 0 radical (unpaired) electrons. The number of nitrogens with one attached hydrogen (secondary N) is 2. The number of nitrogens with zero attached hydrogens (tertiary/aromatic N) is 3. The fraction of sp³-hybridized carbons (Fsp3) is 0.320. The molecule has 1 aliphatic heterocycles. The van der Waals surface area contributed by atoms with Crippen molar-refractivity contribution in [1.29, 1.82) is 0 Å². The van der Waals surface area contributed by atoms with Crippen LogP contribution in [0.2, 0.25) is 0 Å². The molecule has 1 amide bonds. The molecule has 2 heterocycles. The van der Waals surface area contributed by atoms with Gasteiger partial charge in [0.15, 0.2) is 0 Å². The summed E-state index contributed by atoms with van der Waals surface area (Å²) in [6.45, 7) is 3.92. The highest BCUT2D eigenvalue weighted by Crippen LogP contribution is 2.29. The molecule has 178 valence electrons. The van der Waals surface area contributed by atoms with E-state index < -0.39 is 17.6 Å². The number of anilines is 4. The highest BCUT2D eigenvalue weighted by Gasteiger charge is 2.30. The third-order valence-electron chi connectivity index (χ3n) is 5.56. The van der Waals surface area contributed by atoms with Crippen LogP contribution < -0.4 is 15.5 Å². The first-order valence-electron chi connectivity index (χ1n) is 11.2. The van der Waals surface area contributed by atoms with E-state index in [2.05, 4.69) is 25.5 Å². The Bertz CT molecular complexity index is 1140. The van der Waals surface area contributed by atoms with Gasteiger partial charge in [-0.2, -0.15) is 18.2 Å². The number of halogens is 3. The van der Waals surface area contributed by atoms with Gasteiger partial charge in [0, 0.05) is 36.2 Å². The van der Waals surface area contributed by atoms with Gasteiger partial charge in [-0.1, -0.05) is 18.2 Å². The van der Waals surface area contributed by atoms with Crippen molar-refractivity contribution in [3.8, 4) is 0 Å². The summed E-state index contributed by atoms with van der Waals surface area (Å²) in [6.07, 6.45) is -1.03. The zero-order valence-electron chi connectivity index (χ0n) is 18.8. The van der Waals surface area contributed by atoms with E-state index >= 15 is 0 Å². The number of carbonyl (C=O) groups excluding carboxylic acids is 1. The lowest BCUT2D eigenvalue weighted by molar-refractivity contribution is -0.137. The van der Waals surface area contributed by atoms with Gasteiger partial charge in [0.05, 0.1) is 12.0 Å². The molecule has 4 rings (SSSR count). The van der Waals surface area contributed by atoms with Gasteiger partial charge in [-0.05, 0) is 62.1 Å². The quantitative estimate of drug-likeness (QED) is 0.483. The fourth-order valence-electron chi connectivity index (χ4n) is 3.91. The Hall–Kier alpha value is -3.62. The summed E-state index contributed by atoms with van der Waals surface area (Å²) in [7, 11) is 0. The van der Waals surface area contributed by atoms with Crippen molar-refractivity contribution in [2.75, 3.05) is 28.6 Å². The Morgan fingerprint density at radius 2 is 1.68 bits per heavy atom. The van der Waals surface area contributed by atoms with E-state index in [4.69, 9.17) is 0 Å². The van der Waals surface area contributed by atoms with Crippen LogP contribution in [0.25, 0.3) is 0 Å². The zero-order valence-corrected chi connectivity index (χ0v) is 18.8. The number of hydrogen-bond acceptors (Lipinski definition) is 5. The molecule has 34 heavy (non-hydrogen) atoms. The Kier molecular flexibility index (Phi) is 7.00. The van der Waals surface area contributed by atoms with E-state index in [9.17, 15) is 18.0 Å². The second-order valence-corrected chi connectivity index (χ2v) is 8.36. The molecule has 9 heteroatoms. The molecule has 3 aromatic rings. The largest absolute Gasteiger partial charge is 0.416 e. The summed E-state index contributed by atoms with van der Waals surface area (Å²) >= 11 is 0. The molecule has 1 aliphatic rings. The molecule has 6 nitrogen and oxygen atoms in total. The number of aryl methyl sites for hydroxylation is 1. The molecule has 0 spiro atoms. The van der Waals surface area contributed by atoms with Gasteiger partial charge in [0.25, 0.3) is 0 Å². The second kappa shape index (κ2) is 10.1. The molecule has 0 saturated carbocycles. The van der Waals surface area contributed by atoms with Crippen LogP contribution >= 0.6 is 0 Å². The highest BCUT2D eigenvalue weighted by molar-refractivity contribution is 5.92. The topological polar surface area (TPSA) is 70.2 Å². The maximum absolute atomic E-state index is 12.9. The lowest BCUT2D eigenvalue weighted by Gasteiger charge is -2.28. The van der Waals surface area contributed by atoms with Gasteiger partial charge in [-0.3, -0.25) is 4.79 Å². The molecule has 0 aliphatic carbocycles. The van der Waals surface area contributed by atoms with Gasteiger partial charge in [-0.25, -0.2) is 4.98 Å². The number of piperidine rings is 1. The van der Waals surface area contributed by atoms with Crippen molar-refractivity contribution in [3.63, 3.8) is 0 Å².